The van der Waals surface area contributed by atoms with Crippen LogP contribution in [-0.4, -0.2) is 16.6 Å². The van der Waals surface area contributed by atoms with E-state index in [1.54, 1.807) is 13.8 Å². The van der Waals surface area contributed by atoms with Gasteiger partial charge in [0.25, 0.3) is 5.69 Å². The first-order valence-corrected chi connectivity index (χ1v) is 5.47. The molecule has 102 valence electrons. The fourth-order valence-corrected chi connectivity index (χ4v) is 1.64. The molecule has 0 saturated carbocycles. The monoisotopic (exact) mass is 294 g/mol. The SMILES string of the molecule is CC(C)(CO)[C@H](N)c1cc([N+](=O)[O-])ccc1Cl.Cl. The average molecular weight is 295 g/mol. The lowest BCUT2D eigenvalue weighted by Gasteiger charge is -2.30. The number of halogens is 2. The van der Waals surface area contributed by atoms with Crippen LogP contribution in [0.2, 0.25) is 5.02 Å². The Morgan fingerprint density at radius 3 is 2.56 bits per heavy atom. The van der Waals surface area contributed by atoms with E-state index in [1.807, 2.05) is 0 Å². The summed E-state index contributed by atoms with van der Waals surface area (Å²) in [5.41, 5.74) is 5.80. The average Bonchev–Trinajstić information content (AvgIpc) is 2.28. The van der Waals surface area contributed by atoms with Crippen molar-refractivity contribution in [2.45, 2.75) is 19.9 Å². The van der Waals surface area contributed by atoms with Crippen LogP contribution < -0.4 is 5.73 Å². The van der Waals surface area contributed by atoms with Gasteiger partial charge in [-0.2, -0.15) is 0 Å². The van der Waals surface area contributed by atoms with Crippen molar-refractivity contribution in [2.75, 3.05) is 6.61 Å². The zero-order valence-electron chi connectivity index (χ0n) is 10.1. The third-order valence-electron chi connectivity index (χ3n) is 2.77. The number of rotatable bonds is 4. The van der Waals surface area contributed by atoms with E-state index >= 15 is 0 Å². The number of hydrogen-bond acceptors (Lipinski definition) is 4. The molecule has 0 unspecified atom stereocenters. The van der Waals surface area contributed by atoms with E-state index in [1.165, 1.54) is 18.2 Å². The minimum absolute atomic E-state index is 0. The molecular formula is C11H16Cl2N2O3. The molecule has 1 aromatic carbocycles. The van der Waals surface area contributed by atoms with Gasteiger partial charge in [-0.15, -0.1) is 12.4 Å². The quantitative estimate of drug-likeness (QED) is 0.660. The molecule has 1 aromatic rings. The van der Waals surface area contributed by atoms with Crippen molar-refractivity contribution in [1.29, 1.82) is 0 Å². The Kier molecular flexibility index (Phi) is 6.02. The number of nitrogens with two attached hydrogens (primary N) is 1. The van der Waals surface area contributed by atoms with Crippen molar-refractivity contribution in [3.63, 3.8) is 0 Å². The second kappa shape index (κ2) is 6.33. The fraction of sp³-hybridized carbons (Fsp3) is 0.455. The van der Waals surface area contributed by atoms with Gasteiger partial charge in [0, 0.05) is 35.2 Å². The van der Waals surface area contributed by atoms with Gasteiger partial charge >= 0.3 is 0 Å². The molecule has 0 aliphatic carbocycles. The van der Waals surface area contributed by atoms with E-state index in [9.17, 15) is 15.2 Å². The summed E-state index contributed by atoms with van der Waals surface area (Å²) >= 11 is 5.97. The molecule has 0 fully saturated rings. The summed E-state index contributed by atoms with van der Waals surface area (Å²) in [6.07, 6.45) is 0. The third kappa shape index (κ3) is 3.55. The van der Waals surface area contributed by atoms with Crippen molar-refractivity contribution >= 4 is 29.7 Å². The molecule has 18 heavy (non-hydrogen) atoms. The van der Waals surface area contributed by atoms with Crippen LogP contribution in [0.3, 0.4) is 0 Å². The maximum Gasteiger partial charge on any atom is 0.269 e. The Morgan fingerprint density at radius 1 is 1.56 bits per heavy atom. The van der Waals surface area contributed by atoms with Crippen LogP contribution in [0.1, 0.15) is 25.5 Å². The van der Waals surface area contributed by atoms with Crippen LogP contribution in [0.4, 0.5) is 5.69 Å². The van der Waals surface area contributed by atoms with Crippen LogP contribution in [0.25, 0.3) is 0 Å². The molecule has 5 nitrogen and oxygen atoms in total. The van der Waals surface area contributed by atoms with Crippen molar-refractivity contribution < 1.29 is 10.0 Å². The normalized spacial score (nSPS) is 12.7. The zero-order valence-corrected chi connectivity index (χ0v) is 11.7. The van der Waals surface area contributed by atoms with Gasteiger partial charge in [0.05, 0.1) is 4.92 Å². The molecule has 0 spiro atoms. The summed E-state index contributed by atoms with van der Waals surface area (Å²) < 4.78 is 0. The maximum absolute atomic E-state index is 10.7. The lowest BCUT2D eigenvalue weighted by molar-refractivity contribution is -0.384. The molecule has 0 amide bonds. The van der Waals surface area contributed by atoms with Gasteiger partial charge in [-0.3, -0.25) is 10.1 Å². The number of aliphatic hydroxyl groups excluding tert-OH is 1. The van der Waals surface area contributed by atoms with E-state index < -0.39 is 16.4 Å². The third-order valence-corrected chi connectivity index (χ3v) is 3.12. The highest BCUT2D eigenvalue weighted by atomic mass is 35.5. The molecule has 7 heteroatoms. The van der Waals surface area contributed by atoms with Crippen molar-refractivity contribution in [3.05, 3.63) is 38.9 Å². The summed E-state index contributed by atoms with van der Waals surface area (Å²) in [7, 11) is 0. The molecule has 0 aliphatic rings. The van der Waals surface area contributed by atoms with E-state index in [0.29, 0.717) is 10.6 Å². The van der Waals surface area contributed by atoms with Crippen molar-refractivity contribution in [1.82, 2.24) is 0 Å². The lowest BCUT2D eigenvalue weighted by atomic mass is 9.81. The number of benzene rings is 1. The minimum atomic E-state index is -0.598. The first kappa shape index (κ1) is 17.1. The number of non-ortho nitro benzene ring substituents is 1. The predicted octanol–water partition coefficient (Wildman–Crippen LogP) is 2.69. The summed E-state index contributed by atoms with van der Waals surface area (Å²) in [6, 6.07) is 3.55. The number of aliphatic hydroxyl groups is 1. The Balaban J connectivity index is 0.00000289. The predicted molar refractivity (Wildman–Crippen MR) is 73.1 cm³/mol. The number of hydrogen-bond donors (Lipinski definition) is 2. The van der Waals surface area contributed by atoms with Gasteiger partial charge < -0.3 is 10.8 Å². The molecule has 3 N–H and O–H groups in total. The molecule has 1 atom stereocenters. The highest BCUT2D eigenvalue weighted by Gasteiger charge is 2.29. The molecule has 0 radical (unpaired) electrons. The smallest absolute Gasteiger partial charge is 0.269 e. The summed E-state index contributed by atoms with van der Waals surface area (Å²) in [5.74, 6) is 0. The van der Waals surface area contributed by atoms with E-state index in [4.69, 9.17) is 17.3 Å². The highest BCUT2D eigenvalue weighted by molar-refractivity contribution is 6.31. The minimum Gasteiger partial charge on any atom is -0.396 e. The Hall–Kier alpha value is -0.880. The summed E-state index contributed by atoms with van der Waals surface area (Å²) in [4.78, 5) is 10.2. The molecular weight excluding hydrogens is 279 g/mol. The van der Waals surface area contributed by atoms with Gasteiger partial charge in [-0.25, -0.2) is 0 Å². The van der Waals surface area contributed by atoms with Gasteiger partial charge in [-0.05, 0) is 11.6 Å². The van der Waals surface area contributed by atoms with Crippen molar-refractivity contribution in [2.24, 2.45) is 11.1 Å². The Bertz CT molecular complexity index is 438. The van der Waals surface area contributed by atoms with Gasteiger partial charge in [-0.1, -0.05) is 25.4 Å². The van der Waals surface area contributed by atoms with Crippen LogP contribution in [0.5, 0.6) is 0 Å². The molecule has 1 rings (SSSR count). The van der Waals surface area contributed by atoms with Crippen LogP contribution in [0.15, 0.2) is 18.2 Å². The van der Waals surface area contributed by atoms with E-state index in [2.05, 4.69) is 0 Å². The van der Waals surface area contributed by atoms with Gasteiger partial charge in [0.15, 0.2) is 0 Å². The standard InChI is InChI=1S/C11H15ClN2O3.ClH/c1-11(2,6-15)10(13)8-5-7(14(16)17)3-4-9(8)12;/h3-5,10,15H,6,13H2,1-2H3;1H/t10-;/m1./s1. The molecule has 0 aromatic heterocycles. The summed E-state index contributed by atoms with van der Waals surface area (Å²) in [5, 5.41) is 20.3. The van der Waals surface area contributed by atoms with Crippen LogP contribution in [-0.2, 0) is 0 Å². The van der Waals surface area contributed by atoms with Crippen LogP contribution in [0, 0.1) is 15.5 Å². The first-order chi connectivity index (χ1) is 7.79. The number of nitrogens with zero attached hydrogens (tertiary/aromatic N) is 1. The second-order valence-electron chi connectivity index (χ2n) is 4.59. The molecule has 0 bridgehead atoms. The lowest BCUT2D eigenvalue weighted by Crippen LogP contribution is -2.32. The largest absolute Gasteiger partial charge is 0.396 e. The first-order valence-electron chi connectivity index (χ1n) is 5.10. The van der Waals surface area contributed by atoms with Gasteiger partial charge in [0.2, 0.25) is 0 Å². The summed E-state index contributed by atoms with van der Waals surface area (Å²) in [6.45, 7) is 3.41. The Morgan fingerprint density at radius 2 is 2.11 bits per heavy atom. The highest BCUT2D eigenvalue weighted by Crippen LogP contribution is 2.36. The second-order valence-corrected chi connectivity index (χ2v) is 4.99. The molecule has 0 aliphatic heterocycles. The topological polar surface area (TPSA) is 89.4 Å². The van der Waals surface area contributed by atoms with E-state index in [-0.39, 0.29) is 24.7 Å². The molecule has 0 heterocycles. The van der Waals surface area contributed by atoms with Crippen molar-refractivity contribution in [3.8, 4) is 0 Å². The number of nitro benzene ring substituents is 1. The maximum atomic E-state index is 10.7. The molecule has 0 saturated heterocycles. The number of nitro groups is 1. The van der Waals surface area contributed by atoms with E-state index in [0.717, 1.165) is 0 Å². The van der Waals surface area contributed by atoms with Gasteiger partial charge in [0.1, 0.15) is 0 Å². The Labute approximate surface area is 116 Å². The fourth-order valence-electron chi connectivity index (χ4n) is 1.40. The zero-order chi connectivity index (χ0) is 13.2. The van der Waals surface area contributed by atoms with Crippen LogP contribution >= 0.6 is 24.0 Å².